The van der Waals surface area contributed by atoms with E-state index in [1.54, 1.807) is 22.7 Å². The Labute approximate surface area is 103 Å². The second-order valence-electron chi connectivity index (χ2n) is 3.73. The third kappa shape index (κ3) is 2.68. The summed E-state index contributed by atoms with van der Waals surface area (Å²) in [4.78, 5) is 7.04. The minimum Gasteiger partial charge on any atom is -0.271 e. The predicted octanol–water partition coefficient (Wildman–Crippen LogP) is 2.57. The standard InChI is InChI=1S/C11H15N3S2/c1-7-3-4-11(16-7)10(14-12)5-9-6-15-8(2)13-9/h3-4,6,10,14H,5,12H2,1-2H3. The first kappa shape index (κ1) is 11.7. The van der Waals surface area contributed by atoms with Crippen LogP contribution in [0.2, 0.25) is 0 Å². The van der Waals surface area contributed by atoms with Gasteiger partial charge in [0.15, 0.2) is 0 Å². The van der Waals surface area contributed by atoms with Crippen LogP contribution in [0.5, 0.6) is 0 Å². The number of aryl methyl sites for hydroxylation is 2. The van der Waals surface area contributed by atoms with Gasteiger partial charge in [0.2, 0.25) is 0 Å². The Morgan fingerprint density at radius 2 is 2.25 bits per heavy atom. The Morgan fingerprint density at radius 3 is 2.75 bits per heavy atom. The Bertz CT molecular complexity index is 461. The molecule has 3 nitrogen and oxygen atoms in total. The minimum atomic E-state index is 0.167. The minimum absolute atomic E-state index is 0.167. The number of hydrogen-bond donors (Lipinski definition) is 2. The molecule has 0 aliphatic carbocycles. The lowest BCUT2D eigenvalue weighted by atomic mass is 10.1. The molecule has 3 N–H and O–H groups in total. The van der Waals surface area contributed by atoms with Crippen molar-refractivity contribution in [3.05, 3.63) is 38.0 Å². The number of nitrogens with two attached hydrogens (primary N) is 1. The molecular formula is C11H15N3S2. The Kier molecular flexibility index (Phi) is 3.70. The molecule has 0 saturated carbocycles. The maximum Gasteiger partial charge on any atom is 0.0897 e. The quantitative estimate of drug-likeness (QED) is 0.650. The third-order valence-electron chi connectivity index (χ3n) is 2.39. The summed E-state index contributed by atoms with van der Waals surface area (Å²) in [7, 11) is 0. The van der Waals surface area contributed by atoms with Crippen molar-refractivity contribution in [1.29, 1.82) is 0 Å². The molecule has 86 valence electrons. The van der Waals surface area contributed by atoms with Crippen molar-refractivity contribution in [3.8, 4) is 0 Å². The fourth-order valence-corrected chi connectivity index (χ4v) is 3.16. The van der Waals surface area contributed by atoms with Crippen LogP contribution in [0.3, 0.4) is 0 Å². The molecule has 16 heavy (non-hydrogen) atoms. The lowest BCUT2D eigenvalue weighted by Gasteiger charge is -2.12. The van der Waals surface area contributed by atoms with Gasteiger partial charge < -0.3 is 0 Å². The first-order valence-corrected chi connectivity index (χ1v) is 6.82. The topological polar surface area (TPSA) is 50.9 Å². The van der Waals surface area contributed by atoms with Gasteiger partial charge in [-0.2, -0.15) is 0 Å². The van der Waals surface area contributed by atoms with Gasteiger partial charge in [-0.25, -0.2) is 4.98 Å². The van der Waals surface area contributed by atoms with E-state index in [0.717, 1.165) is 17.1 Å². The summed E-state index contributed by atoms with van der Waals surface area (Å²) in [6, 6.07) is 4.42. The molecule has 2 aromatic heterocycles. The van der Waals surface area contributed by atoms with Crippen molar-refractivity contribution in [3.63, 3.8) is 0 Å². The lowest BCUT2D eigenvalue weighted by molar-refractivity contribution is 0.555. The largest absolute Gasteiger partial charge is 0.271 e. The summed E-state index contributed by atoms with van der Waals surface area (Å²) in [5, 5.41) is 3.20. The predicted molar refractivity (Wildman–Crippen MR) is 69.7 cm³/mol. The number of thiazole rings is 1. The molecule has 1 atom stereocenters. The maximum atomic E-state index is 5.60. The monoisotopic (exact) mass is 253 g/mol. The number of aromatic nitrogens is 1. The highest BCUT2D eigenvalue weighted by molar-refractivity contribution is 7.12. The van der Waals surface area contributed by atoms with E-state index in [2.05, 4.69) is 34.8 Å². The molecule has 0 aliphatic rings. The van der Waals surface area contributed by atoms with Crippen molar-refractivity contribution < 1.29 is 0 Å². The van der Waals surface area contributed by atoms with Crippen molar-refractivity contribution in [1.82, 2.24) is 10.4 Å². The van der Waals surface area contributed by atoms with Crippen LogP contribution >= 0.6 is 22.7 Å². The van der Waals surface area contributed by atoms with Crippen LogP contribution in [0.4, 0.5) is 0 Å². The fraction of sp³-hybridized carbons (Fsp3) is 0.364. The third-order valence-corrected chi connectivity index (χ3v) is 4.32. The van der Waals surface area contributed by atoms with Gasteiger partial charge in [0.05, 0.1) is 16.7 Å². The second kappa shape index (κ2) is 5.05. The molecule has 0 amide bonds. The molecule has 0 spiro atoms. The first-order chi connectivity index (χ1) is 7.69. The number of hydrazine groups is 1. The Morgan fingerprint density at radius 1 is 1.44 bits per heavy atom. The highest BCUT2D eigenvalue weighted by Crippen LogP contribution is 2.25. The Hall–Kier alpha value is -0.750. The maximum absolute atomic E-state index is 5.60. The summed E-state index contributed by atoms with van der Waals surface area (Å²) >= 11 is 3.46. The SMILES string of the molecule is Cc1ccc(C(Cc2csc(C)n2)NN)s1. The number of thiophene rings is 1. The van der Waals surface area contributed by atoms with E-state index in [9.17, 15) is 0 Å². The highest BCUT2D eigenvalue weighted by atomic mass is 32.1. The van der Waals surface area contributed by atoms with E-state index in [-0.39, 0.29) is 6.04 Å². The molecule has 0 fully saturated rings. The summed E-state index contributed by atoms with van der Waals surface area (Å²) in [5.74, 6) is 5.60. The smallest absolute Gasteiger partial charge is 0.0897 e. The first-order valence-electron chi connectivity index (χ1n) is 5.12. The normalized spacial score (nSPS) is 12.9. The molecule has 0 radical (unpaired) electrons. The molecule has 0 bridgehead atoms. The average molecular weight is 253 g/mol. The van der Waals surface area contributed by atoms with Crippen LogP contribution in [-0.2, 0) is 6.42 Å². The zero-order valence-corrected chi connectivity index (χ0v) is 11.0. The van der Waals surface area contributed by atoms with E-state index in [1.165, 1.54) is 9.75 Å². The molecule has 2 heterocycles. The number of nitrogens with zero attached hydrogens (tertiary/aromatic N) is 1. The van der Waals surface area contributed by atoms with Gasteiger partial charge >= 0.3 is 0 Å². The lowest BCUT2D eigenvalue weighted by Crippen LogP contribution is -2.29. The van der Waals surface area contributed by atoms with E-state index in [1.807, 2.05) is 6.92 Å². The molecule has 1 unspecified atom stereocenters. The van der Waals surface area contributed by atoms with Crippen LogP contribution in [0.1, 0.15) is 26.5 Å². The Balaban J connectivity index is 2.12. The van der Waals surface area contributed by atoms with Gasteiger partial charge in [-0.15, -0.1) is 22.7 Å². The van der Waals surface area contributed by atoms with E-state index >= 15 is 0 Å². The second-order valence-corrected chi connectivity index (χ2v) is 6.11. The van der Waals surface area contributed by atoms with Crippen molar-refractivity contribution >= 4 is 22.7 Å². The zero-order valence-electron chi connectivity index (χ0n) is 9.36. The number of nitrogens with one attached hydrogen (secondary N) is 1. The van der Waals surface area contributed by atoms with Crippen LogP contribution in [0.25, 0.3) is 0 Å². The number of hydrogen-bond acceptors (Lipinski definition) is 5. The van der Waals surface area contributed by atoms with Crippen molar-refractivity contribution in [2.75, 3.05) is 0 Å². The zero-order chi connectivity index (χ0) is 11.5. The van der Waals surface area contributed by atoms with E-state index in [4.69, 9.17) is 5.84 Å². The van der Waals surface area contributed by atoms with Gasteiger partial charge in [-0.3, -0.25) is 11.3 Å². The highest BCUT2D eigenvalue weighted by Gasteiger charge is 2.13. The van der Waals surface area contributed by atoms with E-state index < -0.39 is 0 Å². The van der Waals surface area contributed by atoms with Crippen LogP contribution < -0.4 is 11.3 Å². The fourth-order valence-electron chi connectivity index (χ4n) is 1.59. The summed E-state index contributed by atoms with van der Waals surface area (Å²) in [6.07, 6.45) is 0.848. The van der Waals surface area contributed by atoms with Gasteiger partial charge in [-0.1, -0.05) is 0 Å². The molecule has 0 saturated heterocycles. The van der Waals surface area contributed by atoms with Gasteiger partial charge in [0.1, 0.15) is 0 Å². The van der Waals surface area contributed by atoms with Crippen molar-refractivity contribution in [2.45, 2.75) is 26.3 Å². The summed E-state index contributed by atoms with van der Waals surface area (Å²) in [5.41, 5.74) is 3.97. The van der Waals surface area contributed by atoms with Crippen LogP contribution in [-0.4, -0.2) is 4.98 Å². The summed E-state index contributed by atoms with van der Waals surface area (Å²) < 4.78 is 0. The average Bonchev–Trinajstić information content (AvgIpc) is 2.84. The van der Waals surface area contributed by atoms with Crippen molar-refractivity contribution in [2.24, 2.45) is 5.84 Å². The summed E-state index contributed by atoms with van der Waals surface area (Å²) in [6.45, 7) is 4.13. The van der Waals surface area contributed by atoms with Gasteiger partial charge in [0.25, 0.3) is 0 Å². The van der Waals surface area contributed by atoms with Gasteiger partial charge in [-0.05, 0) is 26.0 Å². The molecular weight excluding hydrogens is 238 g/mol. The molecule has 0 aliphatic heterocycles. The van der Waals surface area contributed by atoms with Gasteiger partial charge in [0, 0.05) is 21.6 Å². The molecule has 2 aromatic rings. The molecule has 5 heteroatoms. The molecule has 2 rings (SSSR count). The number of rotatable bonds is 4. The van der Waals surface area contributed by atoms with Crippen LogP contribution in [0.15, 0.2) is 17.5 Å². The van der Waals surface area contributed by atoms with Crippen LogP contribution in [0, 0.1) is 13.8 Å². The molecule has 0 aromatic carbocycles. The van der Waals surface area contributed by atoms with E-state index in [0.29, 0.717) is 0 Å².